The Hall–Kier alpha value is -1.25. The van der Waals surface area contributed by atoms with Gasteiger partial charge in [0.15, 0.2) is 0 Å². The Morgan fingerprint density at radius 2 is 2.11 bits per heavy atom. The van der Waals surface area contributed by atoms with Gasteiger partial charge in [-0.2, -0.15) is 0 Å². The number of rotatable bonds is 6. The summed E-state index contributed by atoms with van der Waals surface area (Å²) in [4.78, 5) is 13.9. The molecule has 0 radical (unpaired) electrons. The van der Waals surface area contributed by atoms with Crippen molar-refractivity contribution in [1.29, 1.82) is 0 Å². The number of unbranched alkanes of at least 4 members (excludes halogenated alkanes) is 3. The first-order valence-corrected chi connectivity index (χ1v) is 6.85. The van der Waals surface area contributed by atoms with E-state index in [9.17, 15) is 4.79 Å². The molecule has 102 valence electrons. The molecule has 0 aromatic rings. The topological polar surface area (TPSA) is 29.5 Å². The van der Waals surface area contributed by atoms with Crippen molar-refractivity contribution in [2.24, 2.45) is 5.92 Å². The van der Waals surface area contributed by atoms with Gasteiger partial charge in [-0.15, -0.1) is 0 Å². The minimum Gasteiger partial charge on any atom is -0.466 e. The molecule has 3 heteroatoms. The molecule has 0 spiro atoms. The van der Waals surface area contributed by atoms with Gasteiger partial charge in [-0.05, 0) is 13.3 Å². The molecule has 0 saturated carbocycles. The number of ether oxygens (including phenoxy) is 1. The van der Waals surface area contributed by atoms with Crippen molar-refractivity contribution in [3.63, 3.8) is 0 Å². The molecule has 0 aromatic heterocycles. The Morgan fingerprint density at radius 3 is 2.72 bits per heavy atom. The first kappa shape index (κ1) is 14.8. The van der Waals surface area contributed by atoms with Crippen LogP contribution < -0.4 is 0 Å². The van der Waals surface area contributed by atoms with E-state index in [1.54, 1.807) is 0 Å². The summed E-state index contributed by atoms with van der Waals surface area (Å²) in [5.41, 5.74) is 1.82. The third-order valence-corrected chi connectivity index (χ3v) is 3.49. The van der Waals surface area contributed by atoms with Crippen LogP contribution in [-0.4, -0.2) is 24.5 Å². The summed E-state index contributed by atoms with van der Waals surface area (Å²) in [6.45, 7) is 7.23. The van der Waals surface area contributed by atoms with E-state index in [1.807, 2.05) is 13.8 Å². The molecule has 1 rings (SSSR count). The lowest BCUT2D eigenvalue weighted by molar-refractivity contribution is -0.136. The minimum atomic E-state index is -0.206. The maximum Gasteiger partial charge on any atom is 0.336 e. The fraction of sp³-hybridized carbons (Fsp3) is 0.667. The van der Waals surface area contributed by atoms with Crippen LogP contribution in [0.15, 0.2) is 23.5 Å². The van der Waals surface area contributed by atoms with Gasteiger partial charge in [-0.3, -0.25) is 0 Å². The highest BCUT2D eigenvalue weighted by atomic mass is 16.5. The van der Waals surface area contributed by atoms with Gasteiger partial charge in [0, 0.05) is 24.4 Å². The van der Waals surface area contributed by atoms with E-state index in [4.69, 9.17) is 4.74 Å². The van der Waals surface area contributed by atoms with Crippen LogP contribution in [0.25, 0.3) is 0 Å². The van der Waals surface area contributed by atoms with E-state index in [-0.39, 0.29) is 11.9 Å². The monoisotopic (exact) mass is 251 g/mol. The number of allylic oxidation sites excluding steroid dienone is 2. The fourth-order valence-electron chi connectivity index (χ4n) is 2.32. The highest BCUT2D eigenvalue weighted by Gasteiger charge is 2.24. The standard InChI is InChI=1S/C15H25NO2/c1-5-6-7-8-10-16-11-9-12(2)14(13(16)3)15(17)18-4/h9,11-12H,5-8,10H2,1-4H3. The number of hydrogen-bond donors (Lipinski definition) is 0. The third kappa shape index (κ3) is 3.62. The smallest absolute Gasteiger partial charge is 0.336 e. The van der Waals surface area contributed by atoms with Gasteiger partial charge in [0.25, 0.3) is 0 Å². The van der Waals surface area contributed by atoms with Crippen LogP contribution in [0.3, 0.4) is 0 Å². The molecule has 0 aliphatic carbocycles. The Morgan fingerprint density at radius 1 is 1.39 bits per heavy atom. The molecule has 0 aromatic carbocycles. The van der Waals surface area contributed by atoms with Crippen molar-refractivity contribution in [3.8, 4) is 0 Å². The third-order valence-electron chi connectivity index (χ3n) is 3.49. The summed E-state index contributed by atoms with van der Waals surface area (Å²) in [7, 11) is 1.44. The molecule has 0 bridgehead atoms. The fourth-order valence-corrected chi connectivity index (χ4v) is 2.32. The molecular weight excluding hydrogens is 226 g/mol. The summed E-state index contributed by atoms with van der Waals surface area (Å²) in [5, 5.41) is 0. The van der Waals surface area contributed by atoms with Crippen LogP contribution in [0.4, 0.5) is 0 Å². The highest BCUT2D eigenvalue weighted by Crippen LogP contribution is 2.26. The molecule has 0 saturated heterocycles. The van der Waals surface area contributed by atoms with Crippen LogP contribution in [-0.2, 0) is 9.53 Å². The first-order chi connectivity index (χ1) is 8.61. The summed E-state index contributed by atoms with van der Waals surface area (Å²) >= 11 is 0. The Balaban J connectivity index is 2.66. The number of methoxy groups -OCH3 is 1. The van der Waals surface area contributed by atoms with E-state index in [2.05, 4.69) is 24.1 Å². The second-order valence-corrected chi connectivity index (χ2v) is 4.87. The Kier molecular flexibility index (Phi) is 5.96. The maximum atomic E-state index is 11.8. The molecule has 1 unspecified atom stereocenters. The van der Waals surface area contributed by atoms with Gasteiger partial charge in [-0.25, -0.2) is 4.79 Å². The lowest BCUT2D eigenvalue weighted by Crippen LogP contribution is -2.26. The number of nitrogens with zero attached hydrogens (tertiary/aromatic N) is 1. The summed E-state index contributed by atoms with van der Waals surface area (Å²) < 4.78 is 4.86. The van der Waals surface area contributed by atoms with E-state index in [1.165, 1.54) is 32.8 Å². The van der Waals surface area contributed by atoms with Gasteiger partial charge < -0.3 is 9.64 Å². The molecule has 0 amide bonds. The van der Waals surface area contributed by atoms with Crippen molar-refractivity contribution in [3.05, 3.63) is 23.5 Å². The molecule has 18 heavy (non-hydrogen) atoms. The molecule has 1 atom stereocenters. The molecule has 0 N–H and O–H groups in total. The normalized spacial score (nSPS) is 19.3. The number of carbonyl (C=O) groups excluding carboxylic acids is 1. The maximum absolute atomic E-state index is 11.8. The van der Waals surface area contributed by atoms with Gasteiger partial charge in [0.2, 0.25) is 0 Å². The number of esters is 1. The minimum absolute atomic E-state index is 0.143. The quantitative estimate of drug-likeness (QED) is 0.534. The van der Waals surface area contributed by atoms with Crippen LogP contribution in [0, 0.1) is 5.92 Å². The van der Waals surface area contributed by atoms with Crippen molar-refractivity contribution in [2.75, 3.05) is 13.7 Å². The van der Waals surface area contributed by atoms with Crippen molar-refractivity contribution < 1.29 is 9.53 Å². The van der Waals surface area contributed by atoms with Gasteiger partial charge in [0.05, 0.1) is 12.7 Å². The zero-order valence-corrected chi connectivity index (χ0v) is 12.0. The van der Waals surface area contributed by atoms with E-state index >= 15 is 0 Å². The lowest BCUT2D eigenvalue weighted by atomic mass is 9.96. The first-order valence-electron chi connectivity index (χ1n) is 6.85. The van der Waals surface area contributed by atoms with Crippen molar-refractivity contribution in [1.82, 2.24) is 4.90 Å². The van der Waals surface area contributed by atoms with E-state index in [0.717, 1.165) is 17.8 Å². The Bertz CT molecular complexity index is 344. The summed E-state index contributed by atoms with van der Waals surface area (Å²) in [6.07, 6.45) is 9.10. The second-order valence-electron chi connectivity index (χ2n) is 4.87. The molecule has 1 aliphatic rings. The average molecular weight is 251 g/mol. The predicted molar refractivity (Wildman–Crippen MR) is 73.9 cm³/mol. The van der Waals surface area contributed by atoms with Gasteiger partial charge >= 0.3 is 5.97 Å². The predicted octanol–water partition coefficient (Wildman–Crippen LogP) is 3.48. The second kappa shape index (κ2) is 7.24. The van der Waals surface area contributed by atoms with Crippen LogP contribution in [0.5, 0.6) is 0 Å². The van der Waals surface area contributed by atoms with Gasteiger partial charge in [0.1, 0.15) is 0 Å². The van der Waals surface area contributed by atoms with Crippen LogP contribution in [0.1, 0.15) is 46.5 Å². The van der Waals surface area contributed by atoms with Gasteiger partial charge in [-0.1, -0.05) is 39.2 Å². The largest absolute Gasteiger partial charge is 0.466 e. The van der Waals surface area contributed by atoms with Crippen molar-refractivity contribution in [2.45, 2.75) is 46.5 Å². The molecular formula is C15H25NO2. The Labute approximate surface area is 110 Å². The zero-order valence-electron chi connectivity index (χ0n) is 12.0. The van der Waals surface area contributed by atoms with Crippen molar-refractivity contribution >= 4 is 5.97 Å². The lowest BCUT2D eigenvalue weighted by Gasteiger charge is -2.29. The molecule has 3 nitrogen and oxygen atoms in total. The molecule has 1 heterocycles. The molecule has 1 aliphatic heterocycles. The van der Waals surface area contributed by atoms with E-state index in [0.29, 0.717) is 0 Å². The van der Waals surface area contributed by atoms with Crippen LogP contribution >= 0.6 is 0 Å². The zero-order chi connectivity index (χ0) is 13.5. The average Bonchev–Trinajstić information content (AvgIpc) is 2.36. The number of carbonyl (C=O) groups is 1. The number of hydrogen-bond acceptors (Lipinski definition) is 3. The summed E-state index contributed by atoms with van der Waals surface area (Å²) in [5.74, 6) is -0.0627. The summed E-state index contributed by atoms with van der Waals surface area (Å²) in [6, 6.07) is 0. The van der Waals surface area contributed by atoms with E-state index < -0.39 is 0 Å². The van der Waals surface area contributed by atoms with Crippen LogP contribution in [0.2, 0.25) is 0 Å². The molecule has 0 fully saturated rings. The SMILES string of the molecule is CCCCCCN1C=CC(C)C(C(=O)OC)=C1C. The highest BCUT2D eigenvalue weighted by molar-refractivity contribution is 5.90.